The Kier molecular flexibility index (Phi) is 5.96. The molecule has 0 bridgehead atoms. The highest BCUT2D eigenvalue weighted by atomic mass is 32.1. The summed E-state index contributed by atoms with van der Waals surface area (Å²) in [6.07, 6.45) is 1.77. The van der Waals surface area contributed by atoms with Gasteiger partial charge in [0.25, 0.3) is 5.56 Å². The van der Waals surface area contributed by atoms with Gasteiger partial charge in [-0.15, -0.1) is 0 Å². The number of esters is 1. The van der Waals surface area contributed by atoms with E-state index in [0.29, 0.717) is 32.1 Å². The van der Waals surface area contributed by atoms with Crippen LogP contribution in [0.1, 0.15) is 24.1 Å². The number of methoxy groups -OCH3 is 3. The summed E-state index contributed by atoms with van der Waals surface area (Å²) in [4.78, 5) is 31.2. The van der Waals surface area contributed by atoms with E-state index in [1.54, 1.807) is 43.9 Å². The molecule has 0 fully saturated rings. The van der Waals surface area contributed by atoms with Gasteiger partial charge in [-0.1, -0.05) is 41.7 Å². The van der Waals surface area contributed by atoms with Crippen LogP contribution in [0, 0.1) is 0 Å². The van der Waals surface area contributed by atoms with E-state index >= 15 is 0 Å². The molecule has 0 saturated heterocycles. The standard InChI is InChI=1S/C24H22N2O5S/c1-14-20(23(28)31-4)21(15-8-6-5-7-9-15)26-22(27)19(32-24(26)25-14)12-16-10-11-17(29-2)13-18(16)30-3/h5-13,21H,1-4H3/b19-12+/t21-/m1/s1. The molecule has 32 heavy (non-hydrogen) atoms. The molecular formula is C24H22N2O5S. The fourth-order valence-electron chi connectivity index (χ4n) is 3.72. The molecule has 0 unspecified atom stereocenters. The number of fused-ring (bicyclic) bond motifs is 1. The molecule has 0 amide bonds. The summed E-state index contributed by atoms with van der Waals surface area (Å²) in [5.74, 6) is 0.732. The highest BCUT2D eigenvalue weighted by Crippen LogP contribution is 2.30. The molecule has 1 aliphatic heterocycles. The molecule has 4 rings (SSSR count). The van der Waals surface area contributed by atoms with E-state index in [-0.39, 0.29) is 5.56 Å². The first-order valence-electron chi connectivity index (χ1n) is 9.86. The molecule has 2 heterocycles. The van der Waals surface area contributed by atoms with Crippen LogP contribution in [-0.2, 0) is 9.53 Å². The van der Waals surface area contributed by atoms with Crippen LogP contribution in [0.2, 0.25) is 0 Å². The Bertz CT molecular complexity index is 1390. The molecule has 0 N–H and O–H groups in total. The number of allylic oxidation sites excluding steroid dienone is 1. The van der Waals surface area contributed by atoms with Crippen molar-refractivity contribution in [2.75, 3.05) is 21.3 Å². The minimum atomic E-state index is -0.625. The molecule has 0 aliphatic carbocycles. The van der Waals surface area contributed by atoms with Gasteiger partial charge in [0.05, 0.1) is 43.2 Å². The lowest BCUT2D eigenvalue weighted by Crippen LogP contribution is -2.39. The molecule has 0 spiro atoms. The zero-order valence-electron chi connectivity index (χ0n) is 18.1. The summed E-state index contributed by atoms with van der Waals surface area (Å²) >= 11 is 1.26. The Balaban J connectivity index is 1.96. The van der Waals surface area contributed by atoms with Gasteiger partial charge in [-0.25, -0.2) is 9.79 Å². The van der Waals surface area contributed by atoms with Crippen molar-refractivity contribution in [2.24, 2.45) is 4.99 Å². The van der Waals surface area contributed by atoms with Crippen LogP contribution in [0.5, 0.6) is 11.5 Å². The van der Waals surface area contributed by atoms with Gasteiger partial charge in [0.15, 0.2) is 4.80 Å². The lowest BCUT2D eigenvalue weighted by atomic mass is 9.96. The first kappa shape index (κ1) is 21.6. The minimum absolute atomic E-state index is 0.241. The number of carbonyl (C=O) groups excluding carboxylic acids is 1. The van der Waals surface area contributed by atoms with Crippen molar-refractivity contribution in [3.05, 3.63) is 90.6 Å². The van der Waals surface area contributed by atoms with Gasteiger partial charge in [0, 0.05) is 11.6 Å². The molecule has 164 valence electrons. The molecule has 1 atom stereocenters. The maximum Gasteiger partial charge on any atom is 0.338 e. The van der Waals surface area contributed by atoms with E-state index in [1.807, 2.05) is 36.4 Å². The van der Waals surface area contributed by atoms with E-state index in [1.165, 1.54) is 18.4 Å². The lowest BCUT2D eigenvalue weighted by Gasteiger charge is -2.24. The quantitative estimate of drug-likeness (QED) is 0.558. The summed E-state index contributed by atoms with van der Waals surface area (Å²) in [5, 5.41) is 0. The number of aromatic nitrogens is 1. The molecule has 1 aliphatic rings. The second kappa shape index (κ2) is 8.84. The van der Waals surface area contributed by atoms with Crippen molar-refractivity contribution in [1.29, 1.82) is 0 Å². The van der Waals surface area contributed by atoms with Crippen molar-refractivity contribution in [3.8, 4) is 11.5 Å². The Labute approximate surface area is 188 Å². The normalized spacial score (nSPS) is 15.8. The number of hydrogen-bond acceptors (Lipinski definition) is 7. The second-order valence-electron chi connectivity index (χ2n) is 7.09. The summed E-state index contributed by atoms with van der Waals surface area (Å²) < 4.78 is 17.8. The smallest absolute Gasteiger partial charge is 0.338 e. The van der Waals surface area contributed by atoms with Crippen LogP contribution in [0.25, 0.3) is 6.08 Å². The van der Waals surface area contributed by atoms with E-state index in [2.05, 4.69) is 4.99 Å². The third kappa shape index (κ3) is 3.73. The first-order valence-corrected chi connectivity index (χ1v) is 10.7. The Hall–Kier alpha value is -3.65. The van der Waals surface area contributed by atoms with E-state index < -0.39 is 12.0 Å². The number of hydrogen-bond donors (Lipinski definition) is 0. The van der Waals surface area contributed by atoms with Gasteiger partial charge < -0.3 is 14.2 Å². The minimum Gasteiger partial charge on any atom is -0.497 e. The van der Waals surface area contributed by atoms with Gasteiger partial charge >= 0.3 is 5.97 Å². The predicted molar refractivity (Wildman–Crippen MR) is 122 cm³/mol. The highest BCUT2D eigenvalue weighted by Gasteiger charge is 2.32. The van der Waals surface area contributed by atoms with Gasteiger partial charge in [0.2, 0.25) is 0 Å². The second-order valence-corrected chi connectivity index (χ2v) is 8.10. The number of nitrogens with zero attached hydrogens (tertiary/aromatic N) is 2. The van der Waals surface area contributed by atoms with Gasteiger partial charge in [-0.05, 0) is 30.7 Å². The molecule has 1 aromatic heterocycles. The van der Waals surface area contributed by atoms with E-state index in [0.717, 1.165) is 11.1 Å². The number of benzene rings is 2. The third-order valence-electron chi connectivity index (χ3n) is 5.27. The van der Waals surface area contributed by atoms with Crippen LogP contribution >= 0.6 is 11.3 Å². The molecule has 0 saturated carbocycles. The summed E-state index contributed by atoms with van der Waals surface area (Å²) in [6.45, 7) is 1.76. The van der Waals surface area contributed by atoms with Crippen LogP contribution in [0.15, 0.2) is 69.6 Å². The molecule has 3 aromatic rings. The van der Waals surface area contributed by atoms with Crippen molar-refractivity contribution in [3.63, 3.8) is 0 Å². The molecule has 0 radical (unpaired) electrons. The highest BCUT2D eigenvalue weighted by molar-refractivity contribution is 7.07. The third-order valence-corrected chi connectivity index (χ3v) is 6.25. The summed E-state index contributed by atoms with van der Waals surface area (Å²) in [7, 11) is 4.47. The van der Waals surface area contributed by atoms with Crippen LogP contribution in [0.4, 0.5) is 0 Å². The lowest BCUT2D eigenvalue weighted by molar-refractivity contribution is -0.136. The van der Waals surface area contributed by atoms with E-state index in [9.17, 15) is 9.59 Å². The Morgan fingerprint density at radius 3 is 2.50 bits per heavy atom. The van der Waals surface area contributed by atoms with Crippen LogP contribution < -0.4 is 24.4 Å². The number of ether oxygens (including phenoxy) is 3. The van der Waals surface area contributed by atoms with Crippen LogP contribution in [-0.4, -0.2) is 31.9 Å². The maximum atomic E-state index is 13.5. The van der Waals surface area contributed by atoms with Gasteiger partial charge in [-0.2, -0.15) is 0 Å². The monoisotopic (exact) mass is 450 g/mol. The molecule has 7 nitrogen and oxygen atoms in total. The zero-order valence-corrected chi connectivity index (χ0v) is 18.9. The van der Waals surface area contributed by atoms with Crippen molar-refractivity contribution >= 4 is 23.4 Å². The number of carbonyl (C=O) groups is 1. The van der Waals surface area contributed by atoms with Gasteiger partial charge in [-0.3, -0.25) is 9.36 Å². The number of rotatable bonds is 5. The zero-order chi connectivity index (χ0) is 22.8. The summed E-state index contributed by atoms with van der Waals surface area (Å²) in [6, 6.07) is 14.2. The van der Waals surface area contributed by atoms with Crippen LogP contribution in [0.3, 0.4) is 0 Å². The Morgan fingerprint density at radius 2 is 1.84 bits per heavy atom. The predicted octanol–water partition coefficient (Wildman–Crippen LogP) is 2.43. The van der Waals surface area contributed by atoms with Crippen molar-refractivity contribution < 1.29 is 19.0 Å². The number of thiazole rings is 1. The Morgan fingerprint density at radius 1 is 1.09 bits per heavy atom. The maximum absolute atomic E-state index is 13.5. The fraction of sp³-hybridized carbons (Fsp3) is 0.208. The molecule has 8 heteroatoms. The SMILES string of the molecule is COC(=O)C1=C(C)N=c2s/c(=C/c3ccc(OC)cc3OC)c(=O)n2[C@@H]1c1ccccc1. The average Bonchev–Trinajstić information content (AvgIpc) is 3.12. The molecular weight excluding hydrogens is 428 g/mol. The van der Waals surface area contributed by atoms with Crippen molar-refractivity contribution in [2.45, 2.75) is 13.0 Å². The molecule has 2 aromatic carbocycles. The fourth-order valence-corrected chi connectivity index (χ4v) is 4.76. The largest absolute Gasteiger partial charge is 0.497 e. The average molecular weight is 451 g/mol. The van der Waals surface area contributed by atoms with E-state index in [4.69, 9.17) is 14.2 Å². The topological polar surface area (TPSA) is 79.1 Å². The van der Waals surface area contributed by atoms with Crippen molar-refractivity contribution in [1.82, 2.24) is 4.57 Å². The first-order chi connectivity index (χ1) is 15.5. The summed E-state index contributed by atoms with van der Waals surface area (Å²) in [5.41, 5.74) is 2.17. The van der Waals surface area contributed by atoms with Gasteiger partial charge in [0.1, 0.15) is 11.5 Å².